The summed E-state index contributed by atoms with van der Waals surface area (Å²) < 4.78 is 3.38. The first-order valence-corrected chi connectivity index (χ1v) is 11.0. The summed E-state index contributed by atoms with van der Waals surface area (Å²) >= 11 is 8.65. The first-order valence-electron chi connectivity index (χ1n) is 8.75. The van der Waals surface area contributed by atoms with Gasteiger partial charge < -0.3 is 5.32 Å². The highest BCUT2D eigenvalue weighted by atomic mass is 32.2. The summed E-state index contributed by atoms with van der Waals surface area (Å²) in [6.07, 6.45) is 0.904. The minimum atomic E-state index is -0.0584. The molecule has 140 valence electrons. The third-order valence-electron chi connectivity index (χ3n) is 4.10. The topological polar surface area (TPSA) is 46.9 Å². The Labute approximate surface area is 172 Å². The van der Waals surface area contributed by atoms with Crippen LogP contribution in [-0.4, -0.2) is 21.7 Å². The van der Waals surface area contributed by atoms with Gasteiger partial charge >= 0.3 is 0 Å². The van der Waals surface area contributed by atoms with Crippen molar-refractivity contribution in [1.82, 2.24) is 15.1 Å². The van der Waals surface area contributed by atoms with Crippen molar-refractivity contribution in [3.8, 4) is 5.69 Å². The summed E-state index contributed by atoms with van der Waals surface area (Å²) in [6, 6.07) is 17.8. The highest BCUT2D eigenvalue weighted by molar-refractivity contribution is 8.00. The summed E-state index contributed by atoms with van der Waals surface area (Å²) in [5, 5.41) is 7.59. The van der Waals surface area contributed by atoms with Gasteiger partial charge in [0.2, 0.25) is 0 Å². The Hall–Kier alpha value is -1.96. The van der Waals surface area contributed by atoms with Gasteiger partial charge in [-0.15, -0.1) is 5.10 Å². The molecular weight excluding hydrogens is 394 g/mol. The average molecular weight is 416 g/mol. The van der Waals surface area contributed by atoms with Gasteiger partial charge in [-0.1, -0.05) is 60.4 Å². The second-order valence-electron chi connectivity index (χ2n) is 6.15. The number of carbonyl (C=O) groups is 1. The Bertz CT molecular complexity index is 949. The van der Waals surface area contributed by atoms with Crippen LogP contribution in [0.5, 0.6) is 0 Å². The molecule has 0 spiro atoms. The number of nitrogens with one attached hydrogen (secondary N) is 1. The number of amides is 1. The van der Waals surface area contributed by atoms with E-state index < -0.39 is 0 Å². The summed E-state index contributed by atoms with van der Waals surface area (Å²) in [4.78, 5) is 12.2. The second-order valence-corrected chi connectivity index (χ2v) is 8.99. The van der Waals surface area contributed by atoms with Crippen molar-refractivity contribution in [3.05, 3.63) is 69.7 Å². The third-order valence-corrected chi connectivity index (χ3v) is 6.53. The Kier molecular flexibility index (Phi) is 6.82. The van der Waals surface area contributed by atoms with Gasteiger partial charge in [-0.2, -0.15) is 0 Å². The summed E-state index contributed by atoms with van der Waals surface area (Å²) in [5.41, 5.74) is 2.76. The Morgan fingerprint density at radius 1 is 1.22 bits per heavy atom. The fraction of sp³-hybridized carbons (Fsp3) is 0.250. The highest BCUT2D eigenvalue weighted by Gasteiger charge is 2.10. The molecule has 7 heteroatoms. The molecule has 1 unspecified atom stereocenters. The molecule has 3 rings (SSSR count). The van der Waals surface area contributed by atoms with Crippen LogP contribution in [0.1, 0.15) is 36.2 Å². The number of aromatic nitrogens is 2. The lowest BCUT2D eigenvalue weighted by molar-refractivity contribution is 0.0939. The quantitative estimate of drug-likeness (QED) is 0.410. The summed E-state index contributed by atoms with van der Waals surface area (Å²) in [7, 11) is 0. The van der Waals surface area contributed by atoms with Gasteiger partial charge in [0.15, 0.2) is 8.29 Å². The molecule has 0 fully saturated rings. The van der Waals surface area contributed by atoms with E-state index in [-0.39, 0.29) is 11.9 Å². The van der Waals surface area contributed by atoms with E-state index in [0.29, 0.717) is 9.52 Å². The van der Waals surface area contributed by atoms with Crippen LogP contribution < -0.4 is 5.32 Å². The predicted molar refractivity (Wildman–Crippen MR) is 115 cm³/mol. The van der Waals surface area contributed by atoms with Gasteiger partial charge in [0, 0.05) is 17.4 Å². The van der Waals surface area contributed by atoms with E-state index in [1.54, 1.807) is 16.4 Å². The lowest BCUT2D eigenvalue weighted by Crippen LogP contribution is -2.31. The van der Waals surface area contributed by atoms with Crippen molar-refractivity contribution in [3.63, 3.8) is 0 Å². The Morgan fingerprint density at radius 3 is 2.59 bits per heavy atom. The summed E-state index contributed by atoms with van der Waals surface area (Å²) in [6.45, 7) is 4.04. The number of hydrogen-bond acceptors (Lipinski definition) is 5. The number of benzene rings is 2. The molecule has 3 aromatic rings. The Balaban J connectivity index is 1.70. The first kappa shape index (κ1) is 19.8. The minimum Gasteiger partial charge on any atom is -0.350 e. The molecule has 4 nitrogen and oxygen atoms in total. The number of carbonyl (C=O) groups excluding carboxylic acids is 1. The lowest BCUT2D eigenvalue weighted by atomic mass is 10.1. The largest absolute Gasteiger partial charge is 0.350 e. The van der Waals surface area contributed by atoms with Crippen LogP contribution in [0.15, 0.2) is 58.9 Å². The number of thioether (sulfide) groups is 1. The van der Waals surface area contributed by atoms with Gasteiger partial charge in [-0.25, -0.2) is 4.68 Å². The van der Waals surface area contributed by atoms with E-state index in [1.807, 2.05) is 56.3 Å². The molecule has 27 heavy (non-hydrogen) atoms. The van der Waals surface area contributed by atoms with E-state index in [0.717, 1.165) is 22.2 Å². The molecule has 1 amide bonds. The maximum atomic E-state index is 12.2. The molecule has 1 N–H and O–H groups in total. The van der Waals surface area contributed by atoms with Crippen LogP contribution in [0.3, 0.4) is 0 Å². The van der Waals surface area contributed by atoms with Crippen LogP contribution >= 0.6 is 35.3 Å². The number of rotatable bonds is 7. The molecule has 0 radical (unpaired) electrons. The van der Waals surface area contributed by atoms with Crippen molar-refractivity contribution in [2.75, 3.05) is 0 Å². The monoisotopic (exact) mass is 415 g/mol. The second kappa shape index (κ2) is 9.30. The van der Waals surface area contributed by atoms with E-state index in [2.05, 4.69) is 22.5 Å². The maximum absolute atomic E-state index is 12.2. The molecule has 0 saturated heterocycles. The zero-order chi connectivity index (χ0) is 19.2. The third kappa shape index (κ3) is 5.28. The first-order chi connectivity index (χ1) is 13.1. The van der Waals surface area contributed by atoms with Crippen molar-refractivity contribution in [2.45, 2.75) is 36.4 Å². The Morgan fingerprint density at radius 2 is 1.93 bits per heavy atom. The van der Waals surface area contributed by atoms with Gasteiger partial charge in [0.25, 0.3) is 5.91 Å². The molecule has 0 saturated carbocycles. The van der Waals surface area contributed by atoms with Crippen LogP contribution in [-0.2, 0) is 5.75 Å². The van der Waals surface area contributed by atoms with Crippen LogP contribution in [0.2, 0.25) is 0 Å². The van der Waals surface area contributed by atoms with Crippen LogP contribution in [0.4, 0.5) is 0 Å². The van der Waals surface area contributed by atoms with E-state index in [1.165, 1.54) is 16.9 Å². The zero-order valence-corrected chi connectivity index (χ0v) is 17.7. The normalized spacial score (nSPS) is 11.9. The molecule has 0 aliphatic carbocycles. The van der Waals surface area contributed by atoms with Gasteiger partial charge in [-0.05, 0) is 55.4 Å². The molecule has 0 bridgehead atoms. The minimum absolute atomic E-state index is 0.0584. The van der Waals surface area contributed by atoms with Crippen molar-refractivity contribution in [1.29, 1.82) is 0 Å². The van der Waals surface area contributed by atoms with Crippen molar-refractivity contribution >= 4 is 41.2 Å². The average Bonchev–Trinajstić information content (AvgIpc) is 3.07. The molecular formula is C20H21N3OS3. The SMILES string of the molecule is CCC(C)NC(=O)c1ccc(-n2nc(SCc3ccccc3)sc2=S)cc1. The predicted octanol–water partition coefficient (Wildman–Crippen LogP) is 5.48. The molecule has 1 aromatic heterocycles. The number of nitrogens with zero attached hydrogens (tertiary/aromatic N) is 2. The van der Waals surface area contributed by atoms with Gasteiger partial charge in [0.05, 0.1) is 5.69 Å². The van der Waals surface area contributed by atoms with Gasteiger partial charge in [-0.3, -0.25) is 4.79 Å². The lowest BCUT2D eigenvalue weighted by Gasteiger charge is -2.11. The molecule has 2 aromatic carbocycles. The molecule has 1 heterocycles. The van der Waals surface area contributed by atoms with Crippen molar-refractivity contribution in [2.24, 2.45) is 0 Å². The smallest absolute Gasteiger partial charge is 0.251 e. The standard InChI is InChI=1S/C20H21N3OS3/c1-3-14(2)21-18(24)16-9-11-17(12-10-16)23-20(25)27-19(22-23)26-13-15-7-5-4-6-8-15/h4-12,14H,3,13H2,1-2H3,(H,21,24). The highest BCUT2D eigenvalue weighted by Crippen LogP contribution is 2.27. The molecule has 1 atom stereocenters. The number of hydrogen-bond donors (Lipinski definition) is 1. The fourth-order valence-corrected chi connectivity index (χ4v) is 4.68. The van der Waals surface area contributed by atoms with Gasteiger partial charge in [0.1, 0.15) is 0 Å². The zero-order valence-electron chi connectivity index (χ0n) is 15.2. The summed E-state index contributed by atoms with van der Waals surface area (Å²) in [5.74, 6) is 0.801. The molecule has 0 aliphatic rings. The molecule has 0 aliphatic heterocycles. The maximum Gasteiger partial charge on any atom is 0.251 e. The van der Waals surface area contributed by atoms with E-state index >= 15 is 0 Å². The van der Waals surface area contributed by atoms with Crippen molar-refractivity contribution < 1.29 is 4.79 Å². The van der Waals surface area contributed by atoms with E-state index in [9.17, 15) is 4.79 Å². The van der Waals surface area contributed by atoms with Crippen LogP contribution in [0.25, 0.3) is 5.69 Å². The van der Waals surface area contributed by atoms with Crippen LogP contribution in [0, 0.1) is 3.95 Å². The van der Waals surface area contributed by atoms with E-state index in [4.69, 9.17) is 12.2 Å². The fourth-order valence-electron chi connectivity index (χ4n) is 2.36.